The number of aromatic nitrogens is 3. The lowest BCUT2D eigenvalue weighted by atomic mass is 10.1. The van der Waals surface area contributed by atoms with Gasteiger partial charge in [-0.1, -0.05) is 0 Å². The van der Waals surface area contributed by atoms with Crippen molar-refractivity contribution in [3.8, 4) is 5.82 Å². The number of amides is 1. The van der Waals surface area contributed by atoms with Gasteiger partial charge in [-0.25, -0.2) is 9.67 Å². The van der Waals surface area contributed by atoms with Gasteiger partial charge in [0.05, 0.1) is 11.3 Å². The van der Waals surface area contributed by atoms with Gasteiger partial charge in [0, 0.05) is 36.4 Å². The molecule has 0 bridgehead atoms. The molecule has 1 amide bonds. The Bertz CT molecular complexity index is 954. The van der Waals surface area contributed by atoms with E-state index in [1.54, 1.807) is 16.9 Å². The van der Waals surface area contributed by atoms with Crippen LogP contribution < -0.4 is 10.2 Å². The predicted octanol–water partition coefficient (Wildman–Crippen LogP) is 4.13. The number of nitrogens with zero attached hydrogens (tertiary/aromatic N) is 4. The quantitative estimate of drug-likeness (QED) is 0.745. The van der Waals surface area contributed by atoms with Gasteiger partial charge in [-0.2, -0.15) is 5.10 Å². The Hall–Kier alpha value is -3.15. The van der Waals surface area contributed by atoms with Crippen LogP contribution in [-0.4, -0.2) is 33.8 Å². The third-order valence-electron chi connectivity index (χ3n) is 5.08. The van der Waals surface area contributed by atoms with Crippen LogP contribution in [0.2, 0.25) is 0 Å². The topological polar surface area (TPSA) is 63.1 Å². The number of anilines is 2. The van der Waals surface area contributed by atoms with Gasteiger partial charge >= 0.3 is 0 Å². The standard InChI is InChI=1S/C22H25N5O/c1-16-14-17(2)27(25-16)21-11-6-18(15-23-21)22(28)24-19-7-9-20(10-8-19)26-12-4-3-5-13-26/h6-11,14-15H,3-5,12-13H2,1-2H3,(H,24,28). The first-order valence-corrected chi connectivity index (χ1v) is 9.76. The van der Waals surface area contributed by atoms with Gasteiger partial charge in [0.1, 0.15) is 0 Å². The molecule has 0 saturated carbocycles. The molecule has 1 aromatic carbocycles. The van der Waals surface area contributed by atoms with Gasteiger partial charge in [-0.05, 0) is 75.6 Å². The summed E-state index contributed by atoms with van der Waals surface area (Å²) >= 11 is 0. The first kappa shape index (κ1) is 18.2. The summed E-state index contributed by atoms with van der Waals surface area (Å²) in [6, 6.07) is 13.6. The molecule has 3 heterocycles. The summed E-state index contributed by atoms with van der Waals surface area (Å²) in [5.41, 5.74) is 4.47. The van der Waals surface area contributed by atoms with E-state index in [0.29, 0.717) is 11.4 Å². The molecule has 1 saturated heterocycles. The Morgan fingerprint density at radius 1 is 1.00 bits per heavy atom. The summed E-state index contributed by atoms with van der Waals surface area (Å²) in [5.74, 6) is 0.533. The van der Waals surface area contributed by atoms with Gasteiger partial charge in [0.15, 0.2) is 5.82 Å². The lowest BCUT2D eigenvalue weighted by molar-refractivity contribution is 0.102. The van der Waals surface area contributed by atoms with E-state index in [0.717, 1.165) is 30.2 Å². The highest BCUT2D eigenvalue weighted by atomic mass is 16.1. The molecule has 1 aliphatic rings. The fourth-order valence-electron chi connectivity index (χ4n) is 3.62. The first-order chi connectivity index (χ1) is 13.6. The number of carbonyl (C=O) groups is 1. The van der Waals surface area contributed by atoms with E-state index in [1.807, 2.05) is 38.1 Å². The second-order valence-electron chi connectivity index (χ2n) is 7.29. The predicted molar refractivity (Wildman–Crippen MR) is 111 cm³/mol. The average Bonchev–Trinajstić information content (AvgIpc) is 3.07. The zero-order chi connectivity index (χ0) is 19.5. The Labute approximate surface area is 165 Å². The van der Waals surface area contributed by atoms with Crippen LogP contribution in [0.25, 0.3) is 5.82 Å². The van der Waals surface area contributed by atoms with E-state index in [2.05, 4.69) is 32.4 Å². The molecule has 28 heavy (non-hydrogen) atoms. The molecule has 1 aliphatic heterocycles. The molecule has 0 unspecified atom stereocenters. The molecule has 4 rings (SSSR count). The van der Waals surface area contributed by atoms with Crippen LogP contribution in [0.3, 0.4) is 0 Å². The van der Waals surface area contributed by atoms with Gasteiger partial charge < -0.3 is 10.2 Å². The minimum absolute atomic E-state index is 0.168. The van der Waals surface area contributed by atoms with Crippen LogP contribution in [0.15, 0.2) is 48.7 Å². The Kier molecular flexibility index (Phi) is 5.10. The Morgan fingerprint density at radius 3 is 2.36 bits per heavy atom. The maximum atomic E-state index is 12.5. The Balaban J connectivity index is 1.42. The molecule has 144 valence electrons. The summed E-state index contributed by atoms with van der Waals surface area (Å²) in [6.45, 7) is 6.15. The number of nitrogens with one attached hydrogen (secondary N) is 1. The van der Waals surface area contributed by atoms with E-state index in [9.17, 15) is 4.79 Å². The van der Waals surface area contributed by atoms with Crippen molar-refractivity contribution < 1.29 is 4.79 Å². The summed E-state index contributed by atoms with van der Waals surface area (Å²) < 4.78 is 1.77. The van der Waals surface area contributed by atoms with Crippen LogP contribution in [-0.2, 0) is 0 Å². The van der Waals surface area contributed by atoms with E-state index < -0.39 is 0 Å². The van der Waals surface area contributed by atoms with Crippen molar-refractivity contribution in [2.75, 3.05) is 23.3 Å². The molecule has 0 spiro atoms. The fourth-order valence-corrected chi connectivity index (χ4v) is 3.62. The van der Waals surface area contributed by atoms with Gasteiger partial charge in [0.25, 0.3) is 5.91 Å². The number of aryl methyl sites for hydroxylation is 2. The molecule has 0 atom stereocenters. The van der Waals surface area contributed by atoms with E-state index >= 15 is 0 Å². The van der Waals surface area contributed by atoms with E-state index in [1.165, 1.54) is 24.9 Å². The third kappa shape index (κ3) is 3.91. The summed E-state index contributed by atoms with van der Waals surface area (Å²) in [5, 5.41) is 7.36. The zero-order valence-electron chi connectivity index (χ0n) is 16.4. The maximum Gasteiger partial charge on any atom is 0.257 e. The van der Waals surface area contributed by atoms with Crippen LogP contribution in [0.4, 0.5) is 11.4 Å². The number of carbonyl (C=O) groups excluding carboxylic acids is 1. The molecule has 3 aromatic rings. The normalized spacial score (nSPS) is 14.1. The molecule has 1 fully saturated rings. The van der Waals surface area contributed by atoms with Crippen molar-refractivity contribution in [3.05, 3.63) is 65.6 Å². The van der Waals surface area contributed by atoms with Gasteiger partial charge in [0.2, 0.25) is 0 Å². The molecule has 0 radical (unpaired) electrons. The third-order valence-corrected chi connectivity index (χ3v) is 5.08. The fraction of sp³-hybridized carbons (Fsp3) is 0.318. The number of rotatable bonds is 4. The minimum atomic E-state index is -0.168. The number of piperidine rings is 1. The molecule has 6 nitrogen and oxygen atoms in total. The van der Waals surface area contributed by atoms with E-state index in [4.69, 9.17) is 0 Å². The monoisotopic (exact) mass is 375 g/mol. The Morgan fingerprint density at radius 2 is 1.75 bits per heavy atom. The molecule has 0 aliphatic carbocycles. The van der Waals surface area contributed by atoms with Crippen molar-refractivity contribution in [2.24, 2.45) is 0 Å². The van der Waals surface area contributed by atoms with Crippen molar-refractivity contribution in [1.29, 1.82) is 0 Å². The molecular weight excluding hydrogens is 350 g/mol. The lowest BCUT2D eigenvalue weighted by Crippen LogP contribution is -2.29. The number of pyridine rings is 1. The van der Waals surface area contributed by atoms with E-state index in [-0.39, 0.29) is 5.91 Å². The van der Waals surface area contributed by atoms with Crippen LogP contribution >= 0.6 is 0 Å². The second-order valence-corrected chi connectivity index (χ2v) is 7.29. The summed E-state index contributed by atoms with van der Waals surface area (Å²) in [4.78, 5) is 19.3. The first-order valence-electron chi connectivity index (χ1n) is 9.76. The highest BCUT2D eigenvalue weighted by Gasteiger charge is 2.12. The van der Waals surface area contributed by atoms with Gasteiger partial charge in [-0.3, -0.25) is 4.79 Å². The van der Waals surface area contributed by atoms with Gasteiger partial charge in [-0.15, -0.1) is 0 Å². The second kappa shape index (κ2) is 7.84. The number of benzene rings is 1. The number of hydrogen-bond donors (Lipinski definition) is 1. The SMILES string of the molecule is Cc1cc(C)n(-c2ccc(C(=O)Nc3ccc(N4CCCCC4)cc3)cn2)n1. The van der Waals surface area contributed by atoms with Crippen molar-refractivity contribution in [1.82, 2.24) is 14.8 Å². The average molecular weight is 375 g/mol. The largest absolute Gasteiger partial charge is 0.372 e. The molecule has 6 heteroatoms. The summed E-state index contributed by atoms with van der Waals surface area (Å²) in [6.07, 6.45) is 5.40. The smallest absolute Gasteiger partial charge is 0.257 e. The van der Waals surface area contributed by atoms with Crippen LogP contribution in [0, 0.1) is 13.8 Å². The highest BCUT2D eigenvalue weighted by molar-refractivity contribution is 6.04. The molecule has 2 aromatic heterocycles. The lowest BCUT2D eigenvalue weighted by Gasteiger charge is -2.28. The van der Waals surface area contributed by atoms with Crippen LogP contribution in [0.5, 0.6) is 0 Å². The summed E-state index contributed by atoms with van der Waals surface area (Å²) in [7, 11) is 0. The maximum absolute atomic E-state index is 12.5. The highest BCUT2D eigenvalue weighted by Crippen LogP contribution is 2.22. The zero-order valence-corrected chi connectivity index (χ0v) is 16.4. The van der Waals surface area contributed by atoms with Crippen LogP contribution in [0.1, 0.15) is 41.0 Å². The number of hydrogen-bond acceptors (Lipinski definition) is 4. The van der Waals surface area contributed by atoms with Crippen molar-refractivity contribution >= 4 is 17.3 Å². The van der Waals surface area contributed by atoms with Crippen molar-refractivity contribution in [3.63, 3.8) is 0 Å². The molecule has 1 N–H and O–H groups in total. The minimum Gasteiger partial charge on any atom is -0.372 e. The van der Waals surface area contributed by atoms with Crippen molar-refractivity contribution in [2.45, 2.75) is 33.1 Å². The molecular formula is C22H25N5O.